The van der Waals surface area contributed by atoms with Crippen molar-refractivity contribution in [2.45, 2.75) is 19.3 Å². The van der Waals surface area contributed by atoms with Crippen molar-refractivity contribution >= 4 is 34.8 Å². The number of hydrogen-bond donors (Lipinski definition) is 0. The van der Waals surface area contributed by atoms with Crippen LogP contribution in [0.2, 0.25) is 0 Å². The Kier molecular flexibility index (Phi) is 2.02. The van der Waals surface area contributed by atoms with E-state index in [1.54, 1.807) is 0 Å². The zero-order chi connectivity index (χ0) is 10.7. The van der Waals surface area contributed by atoms with E-state index in [2.05, 4.69) is 0 Å². The summed E-state index contributed by atoms with van der Waals surface area (Å²) in [6.07, 6.45) is 3.13. The third-order valence-corrected chi connectivity index (χ3v) is 4.99. The molecule has 2 bridgehead atoms. The van der Waals surface area contributed by atoms with Crippen molar-refractivity contribution in [1.29, 1.82) is 0 Å². The Morgan fingerprint density at radius 3 is 1.67 bits per heavy atom. The molecule has 0 aromatic carbocycles. The molecular formula is C11H10Cl2O2. The van der Waals surface area contributed by atoms with Crippen molar-refractivity contribution in [3.8, 4) is 0 Å². The summed E-state index contributed by atoms with van der Waals surface area (Å²) < 4.78 is 0. The predicted molar refractivity (Wildman–Crippen MR) is 56.6 cm³/mol. The Hall–Kier alpha value is -0.340. The highest BCUT2D eigenvalue weighted by atomic mass is 35.5. The SMILES string of the molecule is O=C1C(Cl)=C(Cl)C(=O)C2C3CCC(C3)C12. The molecule has 2 saturated carbocycles. The second-order valence-electron chi connectivity index (χ2n) is 4.74. The summed E-state index contributed by atoms with van der Waals surface area (Å²) in [6, 6.07) is 0. The lowest BCUT2D eigenvalue weighted by Gasteiger charge is -2.31. The zero-order valence-corrected chi connectivity index (χ0v) is 9.52. The molecular weight excluding hydrogens is 235 g/mol. The van der Waals surface area contributed by atoms with Gasteiger partial charge in [0.1, 0.15) is 10.1 Å². The zero-order valence-electron chi connectivity index (χ0n) is 8.00. The monoisotopic (exact) mass is 244 g/mol. The van der Waals surface area contributed by atoms with Gasteiger partial charge in [0.25, 0.3) is 0 Å². The van der Waals surface area contributed by atoms with Crippen LogP contribution in [0.25, 0.3) is 0 Å². The molecule has 0 heterocycles. The van der Waals surface area contributed by atoms with Crippen LogP contribution >= 0.6 is 23.2 Å². The number of hydrogen-bond acceptors (Lipinski definition) is 2. The van der Waals surface area contributed by atoms with Crippen LogP contribution in [0.5, 0.6) is 0 Å². The van der Waals surface area contributed by atoms with E-state index in [9.17, 15) is 9.59 Å². The summed E-state index contributed by atoms with van der Waals surface area (Å²) in [5.41, 5.74) is 0. The third-order valence-electron chi connectivity index (χ3n) is 4.15. The summed E-state index contributed by atoms with van der Waals surface area (Å²) >= 11 is 11.6. The highest BCUT2D eigenvalue weighted by molar-refractivity contribution is 6.56. The third kappa shape index (κ3) is 1.12. The van der Waals surface area contributed by atoms with Crippen molar-refractivity contribution in [3.63, 3.8) is 0 Å². The summed E-state index contributed by atoms with van der Waals surface area (Å²) in [5, 5.41) is -0.0640. The Morgan fingerprint density at radius 2 is 1.27 bits per heavy atom. The lowest BCUT2D eigenvalue weighted by Crippen LogP contribution is -2.39. The maximum Gasteiger partial charge on any atom is 0.179 e. The highest BCUT2D eigenvalue weighted by Crippen LogP contribution is 2.56. The summed E-state index contributed by atoms with van der Waals surface area (Å²) in [7, 11) is 0. The summed E-state index contributed by atoms with van der Waals surface area (Å²) in [5.74, 6) is 0.222. The second-order valence-corrected chi connectivity index (χ2v) is 5.50. The first-order valence-corrected chi connectivity index (χ1v) is 6.00. The van der Waals surface area contributed by atoms with Crippen LogP contribution in [0.4, 0.5) is 0 Å². The number of rotatable bonds is 0. The van der Waals surface area contributed by atoms with Gasteiger partial charge in [-0.25, -0.2) is 0 Å². The van der Waals surface area contributed by atoms with Gasteiger partial charge in [0.05, 0.1) is 0 Å². The van der Waals surface area contributed by atoms with Gasteiger partial charge in [-0.15, -0.1) is 0 Å². The van der Waals surface area contributed by atoms with Crippen molar-refractivity contribution in [2.24, 2.45) is 23.7 Å². The van der Waals surface area contributed by atoms with E-state index < -0.39 is 0 Å². The smallest absolute Gasteiger partial charge is 0.179 e. The minimum Gasteiger partial charge on any atom is -0.293 e. The lowest BCUT2D eigenvalue weighted by molar-refractivity contribution is -0.131. The van der Waals surface area contributed by atoms with E-state index in [4.69, 9.17) is 23.2 Å². The Morgan fingerprint density at radius 1 is 0.867 bits per heavy atom. The number of ketones is 2. The summed E-state index contributed by atoms with van der Waals surface area (Å²) in [6.45, 7) is 0. The Balaban J connectivity index is 2.10. The normalized spacial score (nSPS) is 43.9. The highest BCUT2D eigenvalue weighted by Gasteiger charge is 2.56. The van der Waals surface area contributed by atoms with Gasteiger partial charge in [-0.3, -0.25) is 9.59 Å². The van der Waals surface area contributed by atoms with E-state index in [1.807, 2.05) is 0 Å². The molecule has 80 valence electrons. The average molecular weight is 245 g/mol. The molecule has 0 aromatic rings. The molecule has 0 spiro atoms. The number of carbonyl (C=O) groups excluding carboxylic acids is 2. The predicted octanol–water partition coefficient (Wildman–Crippen LogP) is 2.49. The molecule has 3 aliphatic carbocycles. The minimum absolute atomic E-state index is 0.0320. The maximum absolute atomic E-state index is 11.9. The molecule has 0 amide bonds. The minimum atomic E-state index is -0.161. The van der Waals surface area contributed by atoms with Crippen molar-refractivity contribution in [2.75, 3.05) is 0 Å². The standard InChI is InChI=1S/C11H10Cl2O2/c12-8-9(13)11(15)7-5-2-1-4(3-5)6(7)10(8)14/h4-7H,1-3H2. The van der Waals surface area contributed by atoms with Crippen LogP contribution in [-0.2, 0) is 9.59 Å². The van der Waals surface area contributed by atoms with Gasteiger partial charge < -0.3 is 0 Å². The van der Waals surface area contributed by atoms with E-state index >= 15 is 0 Å². The quantitative estimate of drug-likeness (QED) is 0.657. The van der Waals surface area contributed by atoms with Crippen molar-refractivity contribution < 1.29 is 9.59 Å². The van der Waals surface area contributed by atoms with Gasteiger partial charge in [0.2, 0.25) is 0 Å². The van der Waals surface area contributed by atoms with Gasteiger partial charge in [-0.1, -0.05) is 23.2 Å². The number of fused-ring (bicyclic) bond motifs is 5. The number of allylic oxidation sites excluding steroid dienone is 2. The number of halogens is 2. The molecule has 3 rings (SSSR count). The molecule has 3 aliphatic rings. The van der Waals surface area contributed by atoms with Crippen LogP contribution in [0.15, 0.2) is 10.1 Å². The van der Waals surface area contributed by atoms with Crippen molar-refractivity contribution in [3.05, 3.63) is 10.1 Å². The van der Waals surface area contributed by atoms with Gasteiger partial charge in [0.15, 0.2) is 11.6 Å². The molecule has 2 fully saturated rings. The molecule has 0 aliphatic heterocycles. The number of carbonyl (C=O) groups is 2. The Labute approximate surface area is 97.6 Å². The van der Waals surface area contributed by atoms with Crippen molar-refractivity contribution in [1.82, 2.24) is 0 Å². The van der Waals surface area contributed by atoms with Crippen LogP contribution in [0.3, 0.4) is 0 Å². The van der Waals surface area contributed by atoms with Crippen LogP contribution in [-0.4, -0.2) is 11.6 Å². The summed E-state index contributed by atoms with van der Waals surface area (Å²) in [4.78, 5) is 23.9. The van der Waals surface area contributed by atoms with Gasteiger partial charge >= 0.3 is 0 Å². The maximum atomic E-state index is 11.9. The molecule has 4 heteroatoms. The first-order valence-electron chi connectivity index (χ1n) is 5.25. The topological polar surface area (TPSA) is 34.1 Å². The average Bonchev–Trinajstić information content (AvgIpc) is 2.82. The molecule has 0 N–H and O–H groups in total. The molecule has 4 unspecified atom stereocenters. The fraction of sp³-hybridized carbons (Fsp3) is 0.636. The Bertz CT molecular complexity index is 363. The van der Waals surface area contributed by atoms with Crippen LogP contribution in [0.1, 0.15) is 19.3 Å². The lowest BCUT2D eigenvalue weighted by atomic mass is 9.72. The molecule has 0 saturated heterocycles. The van der Waals surface area contributed by atoms with Gasteiger partial charge in [-0.2, -0.15) is 0 Å². The fourth-order valence-corrected chi connectivity index (χ4v) is 3.99. The second kappa shape index (κ2) is 3.08. The van der Waals surface area contributed by atoms with Crippen LogP contribution < -0.4 is 0 Å². The molecule has 0 aromatic heterocycles. The first-order chi connectivity index (χ1) is 7.11. The van der Waals surface area contributed by atoms with E-state index in [0.29, 0.717) is 11.8 Å². The molecule has 2 nitrogen and oxygen atoms in total. The number of Topliss-reactive ketones (excluding diaryl/α,β-unsaturated/α-hetero) is 2. The van der Waals surface area contributed by atoms with Gasteiger partial charge in [0, 0.05) is 11.8 Å². The molecule has 4 atom stereocenters. The van der Waals surface area contributed by atoms with Gasteiger partial charge in [-0.05, 0) is 31.1 Å². The molecule has 15 heavy (non-hydrogen) atoms. The van der Waals surface area contributed by atoms with E-state index in [-0.39, 0.29) is 33.5 Å². The van der Waals surface area contributed by atoms with E-state index in [1.165, 1.54) is 0 Å². The van der Waals surface area contributed by atoms with Crippen LogP contribution in [0, 0.1) is 23.7 Å². The molecule has 0 radical (unpaired) electrons. The van der Waals surface area contributed by atoms with E-state index in [0.717, 1.165) is 19.3 Å². The largest absolute Gasteiger partial charge is 0.293 e. The first kappa shape index (κ1) is 9.86. The fourth-order valence-electron chi connectivity index (χ4n) is 3.55.